The fourth-order valence-corrected chi connectivity index (χ4v) is 5.00. The predicted molar refractivity (Wildman–Crippen MR) is 129 cm³/mol. The number of carbonyl (C=O) groups is 1. The highest BCUT2D eigenvalue weighted by molar-refractivity contribution is 6.31. The largest absolute Gasteiger partial charge is 0.490 e. The molecule has 3 heterocycles. The number of aldehydes is 1. The van der Waals surface area contributed by atoms with E-state index in [1.807, 2.05) is 13.0 Å². The van der Waals surface area contributed by atoms with Crippen molar-refractivity contribution in [2.45, 2.75) is 52.0 Å². The number of aromatic nitrogens is 2. The van der Waals surface area contributed by atoms with Gasteiger partial charge < -0.3 is 18.8 Å². The maximum atomic E-state index is 12.4. The van der Waals surface area contributed by atoms with Gasteiger partial charge in [0.1, 0.15) is 0 Å². The maximum Gasteiger partial charge on any atom is 0.192 e. The Bertz CT molecular complexity index is 1050. The lowest BCUT2D eigenvalue weighted by molar-refractivity contribution is 0.112. The number of fused-ring (bicyclic) bond motifs is 6. The van der Waals surface area contributed by atoms with Crippen LogP contribution in [0.3, 0.4) is 0 Å². The lowest BCUT2D eigenvalue weighted by atomic mass is 9.79. The van der Waals surface area contributed by atoms with E-state index in [2.05, 4.69) is 28.1 Å². The van der Waals surface area contributed by atoms with E-state index in [0.717, 1.165) is 31.4 Å². The first-order valence-corrected chi connectivity index (χ1v) is 11.7. The van der Waals surface area contributed by atoms with E-state index < -0.39 is 0 Å². The van der Waals surface area contributed by atoms with E-state index in [1.54, 1.807) is 20.4 Å². The lowest BCUT2D eigenvalue weighted by Crippen LogP contribution is -2.32. The van der Waals surface area contributed by atoms with Crippen molar-refractivity contribution in [3.05, 3.63) is 44.8 Å². The smallest absolute Gasteiger partial charge is 0.192 e. The van der Waals surface area contributed by atoms with Crippen molar-refractivity contribution >= 4 is 17.9 Å². The van der Waals surface area contributed by atoms with Crippen LogP contribution in [-0.2, 0) is 9.47 Å². The standard InChI is InChI=1S/C22H25ClN2O4.C3H8O/c1-22(2)6-5-14-15-9-18(29-8-4-7-28-3)21(23)24-19(15)16-10-17(27)13(12-26)11-25(16)20(14)22;1-3-4-2/h9-12,14,20H,4-8H2,1-3H3;3H2,1-2H3. The fraction of sp³-hybridized carbons (Fsp3) is 0.560. The summed E-state index contributed by atoms with van der Waals surface area (Å²) in [7, 11) is 3.34. The van der Waals surface area contributed by atoms with Crippen LogP contribution in [0, 0.1) is 5.41 Å². The molecule has 0 spiro atoms. The Balaban J connectivity index is 0.000000709. The van der Waals surface area contributed by atoms with Crippen LogP contribution >= 0.6 is 11.6 Å². The molecule has 0 amide bonds. The number of pyridine rings is 2. The van der Waals surface area contributed by atoms with Crippen LogP contribution in [0.4, 0.5) is 0 Å². The van der Waals surface area contributed by atoms with Crippen molar-refractivity contribution in [3.63, 3.8) is 0 Å². The van der Waals surface area contributed by atoms with Gasteiger partial charge in [-0.25, -0.2) is 4.98 Å². The second-order valence-electron chi connectivity index (χ2n) is 9.07. The van der Waals surface area contributed by atoms with Crippen molar-refractivity contribution in [2.75, 3.05) is 34.0 Å². The average Bonchev–Trinajstić information content (AvgIpc) is 3.12. The molecule has 2 aromatic heterocycles. The molecule has 1 fully saturated rings. The van der Waals surface area contributed by atoms with Gasteiger partial charge in [-0.05, 0) is 36.8 Å². The van der Waals surface area contributed by atoms with Crippen molar-refractivity contribution in [1.82, 2.24) is 9.55 Å². The predicted octanol–water partition coefficient (Wildman–Crippen LogP) is 4.90. The zero-order valence-electron chi connectivity index (χ0n) is 20.0. The highest BCUT2D eigenvalue weighted by Gasteiger charge is 2.48. The van der Waals surface area contributed by atoms with Crippen LogP contribution in [0.15, 0.2) is 23.1 Å². The minimum Gasteiger partial charge on any atom is -0.490 e. The number of carbonyl (C=O) groups excluding carboxylic acids is 1. The first kappa shape index (κ1) is 25.4. The van der Waals surface area contributed by atoms with E-state index in [4.69, 9.17) is 21.1 Å². The lowest BCUT2D eigenvalue weighted by Gasteiger charge is -2.39. The van der Waals surface area contributed by atoms with Gasteiger partial charge in [0.2, 0.25) is 0 Å². The molecule has 0 bridgehead atoms. The van der Waals surface area contributed by atoms with Crippen LogP contribution in [0.1, 0.15) is 67.9 Å². The summed E-state index contributed by atoms with van der Waals surface area (Å²) in [5.41, 5.74) is 2.36. The van der Waals surface area contributed by atoms with E-state index in [1.165, 1.54) is 6.07 Å². The highest BCUT2D eigenvalue weighted by atomic mass is 35.5. The van der Waals surface area contributed by atoms with Crippen molar-refractivity contribution < 1.29 is 19.0 Å². The van der Waals surface area contributed by atoms with Crippen molar-refractivity contribution in [3.8, 4) is 17.1 Å². The molecule has 4 rings (SSSR count). The van der Waals surface area contributed by atoms with Crippen LogP contribution < -0.4 is 10.2 Å². The van der Waals surface area contributed by atoms with Crippen LogP contribution in [0.2, 0.25) is 5.15 Å². The van der Waals surface area contributed by atoms with E-state index in [-0.39, 0.29) is 33.5 Å². The normalized spacial score (nSPS) is 19.6. The Morgan fingerprint density at radius 3 is 2.61 bits per heavy atom. The summed E-state index contributed by atoms with van der Waals surface area (Å²) in [6.45, 7) is 8.35. The van der Waals surface area contributed by atoms with Crippen LogP contribution in [0.5, 0.6) is 5.75 Å². The Morgan fingerprint density at radius 1 is 1.24 bits per heavy atom. The molecule has 0 aromatic carbocycles. The van der Waals surface area contributed by atoms with E-state index >= 15 is 0 Å². The molecule has 2 aliphatic rings. The summed E-state index contributed by atoms with van der Waals surface area (Å²) in [4.78, 5) is 28.4. The monoisotopic (exact) mass is 476 g/mol. The molecule has 1 aliphatic heterocycles. The molecule has 7 nitrogen and oxygen atoms in total. The molecule has 2 atom stereocenters. The molecule has 0 N–H and O–H groups in total. The van der Waals surface area contributed by atoms with Gasteiger partial charge in [-0.15, -0.1) is 0 Å². The molecular weight excluding hydrogens is 444 g/mol. The highest BCUT2D eigenvalue weighted by Crippen LogP contribution is 2.59. The maximum absolute atomic E-state index is 12.4. The minimum atomic E-state index is -0.302. The molecular formula is C25H33ClN2O5. The summed E-state index contributed by atoms with van der Waals surface area (Å²) >= 11 is 6.43. The van der Waals surface area contributed by atoms with Gasteiger partial charge in [0.15, 0.2) is 22.6 Å². The Labute approximate surface area is 200 Å². The van der Waals surface area contributed by atoms with Crippen molar-refractivity contribution in [2.24, 2.45) is 5.41 Å². The third-order valence-corrected chi connectivity index (χ3v) is 6.74. The number of methoxy groups -OCH3 is 2. The molecule has 180 valence electrons. The number of halogens is 1. The summed E-state index contributed by atoms with van der Waals surface area (Å²) in [5, 5.41) is 0.273. The number of rotatable bonds is 7. The van der Waals surface area contributed by atoms with E-state index in [0.29, 0.717) is 36.6 Å². The molecule has 1 aliphatic carbocycles. The number of hydrogen-bond acceptors (Lipinski definition) is 6. The van der Waals surface area contributed by atoms with Gasteiger partial charge >= 0.3 is 0 Å². The first-order valence-electron chi connectivity index (χ1n) is 11.3. The zero-order chi connectivity index (χ0) is 24.2. The molecule has 8 heteroatoms. The van der Waals surface area contributed by atoms with Gasteiger partial charge in [-0.2, -0.15) is 0 Å². The second-order valence-corrected chi connectivity index (χ2v) is 9.43. The molecule has 2 unspecified atom stereocenters. The third-order valence-electron chi connectivity index (χ3n) is 6.47. The van der Waals surface area contributed by atoms with Crippen LogP contribution in [-0.4, -0.2) is 49.9 Å². The molecule has 0 saturated heterocycles. The quantitative estimate of drug-likeness (QED) is 0.321. The summed E-state index contributed by atoms with van der Waals surface area (Å²) < 4.78 is 17.5. The van der Waals surface area contributed by atoms with Crippen molar-refractivity contribution in [1.29, 1.82) is 0 Å². The Hall–Kier alpha value is -2.22. The average molecular weight is 477 g/mol. The number of hydrogen-bond donors (Lipinski definition) is 0. The Kier molecular flexibility index (Phi) is 8.32. The second kappa shape index (κ2) is 10.8. The van der Waals surface area contributed by atoms with Gasteiger partial charge in [-0.3, -0.25) is 9.59 Å². The zero-order valence-corrected chi connectivity index (χ0v) is 20.8. The molecule has 2 aromatic rings. The Morgan fingerprint density at radius 2 is 1.97 bits per heavy atom. The van der Waals surface area contributed by atoms with Gasteiger partial charge in [0.25, 0.3) is 0 Å². The topological polar surface area (TPSA) is 79.7 Å². The SMILES string of the molecule is CCOC.COCCCOc1cc2c(nc1Cl)-c1cc(=O)c(C=O)cn1C1C2CCC1(C)C. The summed E-state index contributed by atoms with van der Waals surface area (Å²) in [5.74, 6) is 0.783. The molecule has 1 saturated carbocycles. The van der Waals surface area contributed by atoms with Gasteiger partial charge in [0, 0.05) is 58.1 Å². The van der Waals surface area contributed by atoms with E-state index in [9.17, 15) is 9.59 Å². The molecule has 0 radical (unpaired) electrons. The summed E-state index contributed by atoms with van der Waals surface area (Å²) in [6, 6.07) is 3.63. The van der Waals surface area contributed by atoms with Gasteiger partial charge in [-0.1, -0.05) is 25.4 Å². The first-order chi connectivity index (χ1) is 15.8. The third kappa shape index (κ3) is 5.15. The summed E-state index contributed by atoms with van der Waals surface area (Å²) in [6.07, 6.45) is 5.10. The number of nitrogens with zero attached hydrogens (tertiary/aromatic N) is 2. The minimum absolute atomic E-state index is 0.0193. The van der Waals surface area contributed by atoms with Crippen LogP contribution in [0.25, 0.3) is 11.4 Å². The fourth-order valence-electron chi connectivity index (χ4n) is 4.81. The molecule has 33 heavy (non-hydrogen) atoms. The van der Waals surface area contributed by atoms with Gasteiger partial charge in [0.05, 0.1) is 23.6 Å². The number of ether oxygens (including phenoxy) is 3.